The van der Waals surface area contributed by atoms with Crippen molar-refractivity contribution in [3.8, 4) is 16.9 Å². The third-order valence-corrected chi connectivity index (χ3v) is 3.07. The summed E-state index contributed by atoms with van der Waals surface area (Å²) in [6.45, 7) is 1.95. The topological polar surface area (TPSA) is 46.5 Å². The van der Waals surface area contributed by atoms with E-state index < -0.39 is 12.1 Å². The molecule has 104 valence electrons. The van der Waals surface area contributed by atoms with Gasteiger partial charge in [-0.1, -0.05) is 61.9 Å². The number of carboxylic acid groups (broad SMARTS) is 1. The van der Waals surface area contributed by atoms with Crippen LogP contribution in [0, 0.1) is 0 Å². The van der Waals surface area contributed by atoms with E-state index in [1.165, 1.54) is 0 Å². The summed E-state index contributed by atoms with van der Waals surface area (Å²) >= 11 is 0. The Kier molecular flexibility index (Phi) is 4.77. The van der Waals surface area contributed by atoms with E-state index in [9.17, 15) is 9.90 Å². The molecule has 0 aromatic heterocycles. The van der Waals surface area contributed by atoms with Gasteiger partial charge in [0.05, 0.1) is 0 Å². The molecule has 0 heterocycles. The standard InChI is InChI=1S/C17H18O3/c1-2-8-16(17(18)19)20-15-12-7-6-11-14(15)13-9-4-3-5-10-13/h3-7,9-12,16H,2,8H2,1H3,(H,18,19)/t16-/m0/s1. The first-order valence-electron chi connectivity index (χ1n) is 6.76. The van der Waals surface area contributed by atoms with Crippen LogP contribution in [0.5, 0.6) is 5.75 Å². The Morgan fingerprint density at radius 2 is 1.75 bits per heavy atom. The van der Waals surface area contributed by atoms with E-state index >= 15 is 0 Å². The lowest BCUT2D eigenvalue weighted by Crippen LogP contribution is -2.26. The minimum absolute atomic E-state index is 0.498. The molecule has 2 rings (SSSR count). The second-order valence-corrected chi connectivity index (χ2v) is 4.60. The summed E-state index contributed by atoms with van der Waals surface area (Å²) in [7, 11) is 0. The van der Waals surface area contributed by atoms with Gasteiger partial charge < -0.3 is 9.84 Å². The fraction of sp³-hybridized carbons (Fsp3) is 0.235. The molecule has 1 atom stereocenters. The molecule has 0 spiro atoms. The zero-order chi connectivity index (χ0) is 14.4. The number of hydrogen-bond donors (Lipinski definition) is 1. The third kappa shape index (κ3) is 3.38. The summed E-state index contributed by atoms with van der Waals surface area (Å²) in [6, 6.07) is 17.3. The van der Waals surface area contributed by atoms with Crippen molar-refractivity contribution in [1.29, 1.82) is 0 Å². The molecule has 0 aliphatic heterocycles. The molecule has 0 unspecified atom stereocenters. The minimum atomic E-state index is -0.922. The van der Waals surface area contributed by atoms with E-state index in [4.69, 9.17) is 4.74 Å². The Balaban J connectivity index is 2.31. The quantitative estimate of drug-likeness (QED) is 0.863. The normalized spacial score (nSPS) is 11.8. The molecule has 2 aromatic carbocycles. The first-order valence-corrected chi connectivity index (χ1v) is 6.76. The average Bonchev–Trinajstić information content (AvgIpc) is 2.48. The van der Waals surface area contributed by atoms with Crippen LogP contribution in [0.2, 0.25) is 0 Å². The molecule has 3 heteroatoms. The Hall–Kier alpha value is -2.29. The molecule has 3 nitrogen and oxygen atoms in total. The van der Waals surface area contributed by atoms with E-state index in [1.54, 1.807) is 0 Å². The molecular formula is C17H18O3. The number of benzene rings is 2. The predicted octanol–water partition coefficient (Wildman–Crippen LogP) is 3.99. The summed E-state index contributed by atoms with van der Waals surface area (Å²) in [5, 5.41) is 9.20. The summed E-state index contributed by atoms with van der Waals surface area (Å²) < 4.78 is 5.70. The summed E-state index contributed by atoms with van der Waals surface area (Å²) in [4.78, 5) is 11.2. The smallest absolute Gasteiger partial charge is 0.344 e. The average molecular weight is 270 g/mol. The molecule has 1 N–H and O–H groups in total. The van der Waals surface area contributed by atoms with Gasteiger partial charge in [0, 0.05) is 5.56 Å². The highest BCUT2D eigenvalue weighted by Crippen LogP contribution is 2.30. The van der Waals surface area contributed by atoms with Crippen LogP contribution in [0.15, 0.2) is 54.6 Å². The zero-order valence-corrected chi connectivity index (χ0v) is 11.5. The Bertz CT molecular complexity index is 563. The van der Waals surface area contributed by atoms with Gasteiger partial charge in [-0.2, -0.15) is 0 Å². The van der Waals surface area contributed by atoms with Gasteiger partial charge in [-0.15, -0.1) is 0 Å². The largest absolute Gasteiger partial charge is 0.479 e. The van der Waals surface area contributed by atoms with E-state index in [1.807, 2.05) is 61.5 Å². The number of carboxylic acids is 1. The van der Waals surface area contributed by atoms with E-state index in [0.29, 0.717) is 12.2 Å². The third-order valence-electron chi connectivity index (χ3n) is 3.07. The molecular weight excluding hydrogens is 252 g/mol. The second kappa shape index (κ2) is 6.75. The van der Waals surface area contributed by atoms with E-state index in [0.717, 1.165) is 17.5 Å². The van der Waals surface area contributed by atoms with Gasteiger partial charge in [0.2, 0.25) is 0 Å². The van der Waals surface area contributed by atoms with Gasteiger partial charge in [0.1, 0.15) is 5.75 Å². The fourth-order valence-electron chi connectivity index (χ4n) is 2.07. The number of para-hydroxylation sites is 1. The van der Waals surface area contributed by atoms with Gasteiger partial charge in [-0.05, 0) is 18.1 Å². The van der Waals surface area contributed by atoms with Crippen LogP contribution in [0.4, 0.5) is 0 Å². The van der Waals surface area contributed by atoms with Crippen LogP contribution < -0.4 is 4.74 Å². The number of aliphatic carboxylic acids is 1. The molecule has 20 heavy (non-hydrogen) atoms. The van der Waals surface area contributed by atoms with Crippen molar-refractivity contribution in [1.82, 2.24) is 0 Å². The maximum Gasteiger partial charge on any atom is 0.344 e. The number of ether oxygens (including phenoxy) is 1. The van der Waals surface area contributed by atoms with Gasteiger partial charge in [0.25, 0.3) is 0 Å². The van der Waals surface area contributed by atoms with Crippen molar-refractivity contribution in [2.75, 3.05) is 0 Å². The highest BCUT2D eigenvalue weighted by Gasteiger charge is 2.19. The first-order chi connectivity index (χ1) is 9.72. The predicted molar refractivity (Wildman–Crippen MR) is 78.8 cm³/mol. The minimum Gasteiger partial charge on any atom is -0.479 e. The van der Waals surface area contributed by atoms with Gasteiger partial charge >= 0.3 is 5.97 Å². The van der Waals surface area contributed by atoms with Gasteiger partial charge in [-0.3, -0.25) is 0 Å². The SMILES string of the molecule is CCC[C@H](Oc1ccccc1-c1ccccc1)C(=O)O. The summed E-state index contributed by atoms with van der Waals surface area (Å²) in [5.74, 6) is -0.311. The molecule has 0 saturated carbocycles. The lowest BCUT2D eigenvalue weighted by molar-refractivity contribution is -0.145. The van der Waals surface area contributed by atoms with Gasteiger partial charge in [-0.25, -0.2) is 4.79 Å². The lowest BCUT2D eigenvalue weighted by atomic mass is 10.0. The Morgan fingerprint density at radius 3 is 2.40 bits per heavy atom. The van der Waals surface area contributed by atoms with Crippen molar-refractivity contribution < 1.29 is 14.6 Å². The molecule has 2 aromatic rings. The number of carbonyl (C=O) groups is 1. The number of hydrogen-bond acceptors (Lipinski definition) is 2. The van der Waals surface area contributed by atoms with Crippen LogP contribution in [-0.4, -0.2) is 17.2 Å². The highest BCUT2D eigenvalue weighted by molar-refractivity contribution is 5.74. The monoisotopic (exact) mass is 270 g/mol. The molecule has 0 radical (unpaired) electrons. The van der Waals surface area contributed by atoms with Gasteiger partial charge in [0.15, 0.2) is 6.10 Å². The molecule has 0 fully saturated rings. The highest BCUT2D eigenvalue weighted by atomic mass is 16.5. The second-order valence-electron chi connectivity index (χ2n) is 4.60. The number of rotatable bonds is 6. The van der Waals surface area contributed by atoms with Crippen molar-refractivity contribution >= 4 is 5.97 Å². The fourth-order valence-corrected chi connectivity index (χ4v) is 2.07. The maximum absolute atomic E-state index is 11.2. The lowest BCUT2D eigenvalue weighted by Gasteiger charge is -2.17. The molecule has 0 amide bonds. The van der Waals surface area contributed by atoms with Crippen molar-refractivity contribution in [2.24, 2.45) is 0 Å². The van der Waals surface area contributed by atoms with Crippen molar-refractivity contribution in [3.63, 3.8) is 0 Å². The summed E-state index contributed by atoms with van der Waals surface area (Å²) in [6.07, 6.45) is 0.466. The van der Waals surface area contributed by atoms with E-state index in [-0.39, 0.29) is 0 Å². The summed E-state index contributed by atoms with van der Waals surface area (Å²) in [5.41, 5.74) is 1.93. The van der Waals surface area contributed by atoms with Crippen LogP contribution >= 0.6 is 0 Å². The van der Waals surface area contributed by atoms with Crippen LogP contribution in [-0.2, 0) is 4.79 Å². The Labute approximate surface area is 118 Å². The van der Waals surface area contributed by atoms with Crippen LogP contribution in [0.1, 0.15) is 19.8 Å². The zero-order valence-electron chi connectivity index (χ0n) is 11.5. The van der Waals surface area contributed by atoms with Crippen LogP contribution in [0.25, 0.3) is 11.1 Å². The molecule has 0 bridgehead atoms. The van der Waals surface area contributed by atoms with E-state index in [2.05, 4.69) is 0 Å². The van der Waals surface area contributed by atoms with Crippen LogP contribution in [0.3, 0.4) is 0 Å². The Morgan fingerprint density at radius 1 is 1.10 bits per heavy atom. The first kappa shape index (κ1) is 14.1. The molecule has 0 aliphatic carbocycles. The molecule has 0 saturated heterocycles. The van der Waals surface area contributed by atoms with Crippen molar-refractivity contribution in [2.45, 2.75) is 25.9 Å². The maximum atomic E-state index is 11.2. The van der Waals surface area contributed by atoms with Crippen molar-refractivity contribution in [3.05, 3.63) is 54.6 Å². The molecule has 0 aliphatic rings.